The minimum atomic E-state index is -0.0164. The molecule has 3 nitrogen and oxygen atoms in total. The topological polar surface area (TPSA) is 48.1 Å². The molecule has 0 amide bonds. The first-order chi connectivity index (χ1) is 13.1. The first-order valence-corrected chi connectivity index (χ1v) is 9.66. The van der Waals surface area contributed by atoms with Crippen LogP contribution in [0, 0.1) is 6.92 Å². The van der Waals surface area contributed by atoms with E-state index in [0.717, 1.165) is 22.4 Å². The van der Waals surface area contributed by atoms with E-state index in [1.165, 1.54) is 0 Å². The van der Waals surface area contributed by atoms with Gasteiger partial charge in [0.25, 0.3) is 0 Å². The Kier molecular flexibility index (Phi) is 6.38. The molecule has 0 spiro atoms. The summed E-state index contributed by atoms with van der Waals surface area (Å²) >= 11 is 12.7. The summed E-state index contributed by atoms with van der Waals surface area (Å²) in [4.78, 5) is 4.92. The van der Waals surface area contributed by atoms with Gasteiger partial charge in [-0.25, -0.2) is 4.98 Å². The average Bonchev–Trinajstić information content (AvgIpc) is 2.67. The second-order valence-corrected chi connectivity index (χ2v) is 7.06. The molecule has 1 aromatic heterocycles. The lowest BCUT2D eigenvalue weighted by molar-refractivity contribution is 0.338. The van der Waals surface area contributed by atoms with E-state index in [0.29, 0.717) is 34.6 Å². The molecule has 3 aromatic rings. The SMILES string of the molecule is CCOc1c(C)cc(C(CN)c2ccccc2)nc1-c1cccc(Cl)c1Cl. The zero-order chi connectivity index (χ0) is 19.4. The van der Waals surface area contributed by atoms with E-state index in [9.17, 15) is 0 Å². The zero-order valence-electron chi connectivity index (χ0n) is 15.4. The Hall–Kier alpha value is -2.07. The average molecular weight is 401 g/mol. The fraction of sp³-hybridized carbons (Fsp3) is 0.227. The molecule has 0 saturated heterocycles. The number of nitrogens with two attached hydrogens (primary N) is 1. The normalized spacial score (nSPS) is 12.0. The summed E-state index contributed by atoms with van der Waals surface area (Å²) in [5.41, 5.74) is 10.5. The second-order valence-electron chi connectivity index (χ2n) is 6.28. The predicted molar refractivity (Wildman–Crippen MR) is 113 cm³/mol. The van der Waals surface area contributed by atoms with Gasteiger partial charge in [-0.05, 0) is 37.1 Å². The Morgan fingerprint density at radius 2 is 1.81 bits per heavy atom. The molecule has 0 radical (unpaired) electrons. The standard InChI is InChI=1S/C22H22Cl2N2O/c1-3-27-22-14(2)12-19(17(13-25)15-8-5-4-6-9-15)26-21(22)16-10-7-11-18(23)20(16)24/h4-12,17H,3,13,25H2,1-2H3. The molecule has 2 aromatic carbocycles. The first-order valence-electron chi connectivity index (χ1n) is 8.90. The number of aryl methyl sites for hydroxylation is 1. The highest BCUT2D eigenvalue weighted by Crippen LogP contribution is 2.40. The summed E-state index contributed by atoms with van der Waals surface area (Å²) in [5, 5.41) is 0.952. The molecule has 1 unspecified atom stereocenters. The Morgan fingerprint density at radius 3 is 2.48 bits per heavy atom. The van der Waals surface area contributed by atoms with Crippen molar-refractivity contribution in [3.8, 4) is 17.0 Å². The van der Waals surface area contributed by atoms with E-state index in [2.05, 4.69) is 12.1 Å². The molecule has 0 saturated carbocycles. The quantitative estimate of drug-likeness (QED) is 0.563. The number of hydrogen-bond donors (Lipinski definition) is 1. The van der Waals surface area contributed by atoms with Crippen molar-refractivity contribution in [3.63, 3.8) is 0 Å². The number of nitrogens with zero attached hydrogens (tertiary/aromatic N) is 1. The van der Waals surface area contributed by atoms with Crippen LogP contribution in [0.25, 0.3) is 11.3 Å². The zero-order valence-corrected chi connectivity index (χ0v) is 16.9. The lowest BCUT2D eigenvalue weighted by Gasteiger charge is -2.20. The van der Waals surface area contributed by atoms with Crippen LogP contribution in [0.15, 0.2) is 54.6 Å². The third-order valence-corrected chi connectivity index (χ3v) is 5.29. The summed E-state index contributed by atoms with van der Waals surface area (Å²) < 4.78 is 5.90. The van der Waals surface area contributed by atoms with Crippen molar-refractivity contribution < 1.29 is 4.74 Å². The van der Waals surface area contributed by atoms with E-state index in [1.54, 1.807) is 6.07 Å². The molecule has 140 valence electrons. The van der Waals surface area contributed by atoms with E-state index in [4.69, 9.17) is 38.7 Å². The third-order valence-electron chi connectivity index (χ3n) is 4.47. The second kappa shape index (κ2) is 8.75. The smallest absolute Gasteiger partial charge is 0.148 e. The Labute approximate surface area is 170 Å². The Morgan fingerprint density at radius 1 is 1.07 bits per heavy atom. The van der Waals surface area contributed by atoms with Gasteiger partial charge in [-0.2, -0.15) is 0 Å². The molecular weight excluding hydrogens is 379 g/mol. The highest BCUT2D eigenvalue weighted by Gasteiger charge is 2.21. The van der Waals surface area contributed by atoms with E-state index >= 15 is 0 Å². The molecular formula is C22H22Cl2N2O. The molecule has 3 rings (SSSR count). The van der Waals surface area contributed by atoms with Crippen molar-refractivity contribution >= 4 is 23.2 Å². The van der Waals surface area contributed by atoms with Gasteiger partial charge in [-0.15, -0.1) is 0 Å². The fourth-order valence-electron chi connectivity index (χ4n) is 3.17. The first kappa shape index (κ1) is 19.7. The highest BCUT2D eigenvalue weighted by molar-refractivity contribution is 6.43. The molecule has 0 aliphatic rings. The van der Waals surface area contributed by atoms with Crippen molar-refractivity contribution in [1.29, 1.82) is 0 Å². The van der Waals surface area contributed by atoms with Crippen molar-refractivity contribution in [3.05, 3.63) is 81.5 Å². The van der Waals surface area contributed by atoms with Gasteiger partial charge >= 0.3 is 0 Å². The molecule has 2 N–H and O–H groups in total. The van der Waals surface area contributed by atoms with Crippen LogP contribution in [0.1, 0.15) is 29.7 Å². The maximum atomic E-state index is 6.48. The molecule has 0 aliphatic carbocycles. The maximum absolute atomic E-state index is 6.48. The van der Waals surface area contributed by atoms with Gasteiger partial charge in [-0.1, -0.05) is 65.7 Å². The molecule has 0 fully saturated rings. The largest absolute Gasteiger partial charge is 0.491 e. The number of benzene rings is 2. The van der Waals surface area contributed by atoms with Crippen molar-refractivity contribution in [2.45, 2.75) is 19.8 Å². The lowest BCUT2D eigenvalue weighted by Crippen LogP contribution is -2.16. The summed E-state index contributed by atoms with van der Waals surface area (Å²) in [6.07, 6.45) is 0. The number of aromatic nitrogens is 1. The Balaban J connectivity index is 2.21. The van der Waals surface area contributed by atoms with Gasteiger partial charge in [0.15, 0.2) is 0 Å². The van der Waals surface area contributed by atoms with Gasteiger partial charge in [0.05, 0.1) is 22.3 Å². The minimum absolute atomic E-state index is 0.0164. The summed E-state index contributed by atoms with van der Waals surface area (Å²) in [6.45, 7) is 4.94. The van der Waals surface area contributed by atoms with Gasteiger partial charge in [0.2, 0.25) is 0 Å². The molecule has 1 heterocycles. The van der Waals surface area contributed by atoms with Gasteiger partial charge in [-0.3, -0.25) is 0 Å². The van der Waals surface area contributed by atoms with Crippen LogP contribution in [0.2, 0.25) is 10.0 Å². The minimum Gasteiger partial charge on any atom is -0.491 e. The van der Waals surface area contributed by atoms with E-state index in [-0.39, 0.29) is 5.92 Å². The van der Waals surface area contributed by atoms with Gasteiger partial charge in [0.1, 0.15) is 11.4 Å². The van der Waals surface area contributed by atoms with Gasteiger partial charge < -0.3 is 10.5 Å². The highest BCUT2D eigenvalue weighted by atomic mass is 35.5. The summed E-state index contributed by atoms with van der Waals surface area (Å²) in [7, 11) is 0. The van der Waals surface area contributed by atoms with Crippen LogP contribution in [0.5, 0.6) is 5.75 Å². The molecule has 1 atom stereocenters. The van der Waals surface area contributed by atoms with E-state index in [1.807, 2.05) is 50.2 Å². The summed E-state index contributed by atoms with van der Waals surface area (Å²) in [6, 6.07) is 17.7. The third kappa shape index (κ3) is 4.11. The maximum Gasteiger partial charge on any atom is 0.148 e. The van der Waals surface area contributed by atoms with Crippen LogP contribution in [-0.2, 0) is 0 Å². The van der Waals surface area contributed by atoms with Crippen LogP contribution >= 0.6 is 23.2 Å². The summed E-state index contributed by atoms with van der Waals surface area (Å²) in [5.74, 6) is 0.700. The van der Waals surface area contributed by atoms with Crippen LogP contribution in [0.3, 0.4) is 0 Å². The number of rotatable bonds is 6. The van der Waals surface area contributed by atoms with Crippen LogP contribution in [-0.4, -0.2) is 18.1 Å². The number of halogens is 2. The molecule has 0 aliphatic heterocycles. The lowest BCUT2D eigenvalue weighted by atomic mass is 9.93. The number of ether oxygens (including phenoxy) is 1. The van der Waals surface area contributed by atoms with Crippen LogP contribution < -0.4 is 10.5 Å². The monoisotopic (exact) mass is 400 g/mol. The predicted octanol–water partition coefficient (Wildman–Crippen LogP) is 5.85. The van der Waals surface area contributed by atoms with Crippen molar-refractivity contribution in [2.75, 3.05) is 13.2 Å². The van der Waals surface area contributed by atoms with Crippen LogP contribution in [0.4, 0.5) is 0 Å². The molecule has 5 heteroatoms. The van der Waals surface area contributed by atoms with Crippen molar-refractivity contribution in [1.82, 2.24) is 4.98 Å². The molecule has 0 bridgehead atoms. The Bertz CT molecular complexity index is 929. The molecule has 27 heavy (non-hydrogen) atoms. The van der Waals surface area contributed by atoms with E-state index < -0.39 is 0 Å². The number of hydrogen-bond acceptors (Lipinski definition) is 3. The number of pyridine rings is 1. The van der Waals surface area contributed by atoms with Crippen molar-refractivity contribution in [2.24, 2.45) is 5.73 Å². The van der Waals surface area contributed by atoms with Gasteiger partial charge in [0, 0.05) is 18.0 Å². The fourth-order valence-corrected chi connectivity index (χ4v) is 3.56.